The topological polar surface area (TPSA) is 78.1 Å². The zero-order valence-electron chi connectivity index (χ0n) is 15.8. The molecule has 1 fully saturated rings. The van der Waals surface area contributed by atoms with Gasteiger partial charge in [-0.3, -0.25) is 14.7 Å². The summed E-state index contributed by atoms with van der Waals surface area (Å²) in [6.45, 7) is 1.09. The second-order valence-corrected chi connectivity index (χ2v) is 7.12. The van der Waals surface area contributed by atoms with Crippen LogP contribution in [0.2, 0.25) is 0 Å². The lowest BCUT2D eigenvalue weighted by Gasteiger charge is -2.32. The Hall–Kier alpha value is -3.48. The van der Waals surface area contributed by atoms with Crippen LogP contribution in [0.25, 0.3) is 0 Å². The Morgan fingerprint density at radius 3 is 2.69 bits per heavy atom. The number of hydrogen-bond acceptors (Lipinski definition) is 3. The van der Waals surface area contributed by atoms with Gasteiger partial charge in [-0.1, -0.05) is 24.3 Å². The quantitative estimate of drug-likeness (QED) is 0.709. The van der Waals surface area contributed by atoms with E-state index in [2.05, 4.69) is 15.5 Å². The van der Waals surface area contributed by atoms with Crippen molar-refractivity contribution in [2.24, 2.45) is 0 Å². The highest BCUT2D eigenvalue weighted by molar-refractivity contribution is 6.04. The highest BCUT2D eigenvalue weighted by Crippen LogP contribution is 2.31. The summed E-state index contributed by atoms with van der Waals surface area (Å²) in [5.74, 6) is -0.820. The van der Waals surface area contributed by atoms with Crippen LogP contribution in [0.5, 0.6) is 0 Å². The van der Waals surface area contributed by atoms with E-state index in [-0.39, 0.29) is 17.7 Å². The molecular weight excluding hydrogens is 371 g/mol. The molecule has 148 valence electrons. The summed E-state index contributed by atoms with van der Waals surface area (Å²) >= 11 is 0. The van der Waals surface area contributed by atoms with Crippen LogP contribution in [0.4, 0.5) is 10.1 Å². The number of carbonyl (C=O) groups excluding carboxylic acids is 2. The van der Waals surface area contributed by atoms with Gasteiger partial charge in [-0.05, 0) is 43.2 Å². The van der Waals surface area contributed by atoms with Gasteiger partial charge in [-0.25, -0.2) is 4.39 Å². The molecule has 6 nitrogen and oxygen atoms in total. The van der Waals surface area contributed by atoms with Gasteiger partial charge in [-0.2, -0.15) is 5.10 Å². The summed E-state index contributed by atoms with van der Waals surface area (Å²) in [5, 5.41) is 9.97. The largest absolute Gasteiger partial charge is 0.338 e. The number of H-pyrrole nitrogens is 1. The number of nitrogens with zero attached hydrogens (tertiary/aromatic N) is 2. The normalized spacial score (nSPS) is 16.4. The van der Waals surface area contributed by atoms with Gasteiger partial charge >= 0.3 is 0 Å². The average Bonchev–Trinajstić information content (AvgIpc) is 3.22. The van der Waals surface area contributed by atoms with Crippen molar-refractivity contribution in [1.29, 1.82) is 0 Å². The van der Waals surface area contributed by atoms with E-state index in [1.807, 2.05) is 18.2 Å². The van der Waals surface area contributed by atoms with Crippen molar-refractivity contribution in [3.63, 3.8) is 0 Å². The molecule has 7 heteroatoms. The third-order valence-corrected chi connectivity index (χ3v) is 5.14. The third kappa shape index (κ3) is 4.18. The van der Waals surface area contributed by atoms with Crippen LogP contribution in [-0.4, -0.2) is 40.0 Å². The number of amides is 2. The van der Waals surface area contributed by atoms with E-state index < -0.39 is 5.82 Å². The van der Waals surface area contributed by atoms with Crippen molar-refractivity contribution >= 4 is 17.5 Å². The van der Waals surface area contributed by atoms with E-state index in [1.54, 1.807) is 29.3 Å². The molecule has 3 aromatic rings. The van der Waals surface area contributed by atoms with Crippen molar-refractivity contribution in [2.75, 3.05) is 18.4 Å². The summed E-state index contributed by atoms with van der Waals surface area (Å²) < 4.78 is 13.5. The van der Waals surface area contributed by atoms with E-state index in [9.17, 15) is 14.0 Å². The van der Waals surface area contributed by atoms with Gasteiger partial charge in [-0.15, -0.1) is 0 Å². The lowest BCUT2D eigenvalue weighted by atomic mass is 9.93. The van der Waals surface area contributed by atoms with E-state index in [4.69, 9.17) is 0 Å². The van der Waals surface area contributed by atoms with Crippen molar-refractivity contribution in [1.82, 2.24) is 15.1 Å². The zero-order valence-corrected chi connectivity index (χ0v) is 15.8. The van der Waals surface area contributed by atoms with Gasteiger partial charge in [0.05, 0.1) is 17.6 Å². The van der Waals surface area contributed by atoms with Crippen LogP contribution < -0.4 is 5.32 Å². The van der Waals surface area contributed by atoms with Crippen LogP contribution >= 0.6 is 0 Å². The van der Waals surface area contributed by atoms with Crippen LogP contribution in [0, 0.1) is 5.82 Å². The average molecular weight is 392 g/mol. The standard InChI is InChI=1S/C22H21FN4O2/c23-18-10-4-8-16(12-18)22(29)27-11-5-9-17(14-27)20-19(13-24-26-20)25-21(28)15-6-2-1-3-7-15/h1-4,6-8,10,12-13,17H,5,9,11,14H2,(H,24,26)(H,25,28)/t17-/m1/s1. The number of piperidine rings is 1. The molecule has 0 spiro atoms. The number of likely N-dealkylation sites (tertiary alicyclic amines) is 1. The fraction of sp³-hybridized carbons (Fsp3) is 0.227. The molecule has 2 amide bonds. The molecule has 1 atom stereocenters. The molecule has 0 aliphatic carbocycles. The Balaban J connectivity index is 1.49. The second-order valence-electron chi connectivity index (χ2n) is 7.12. The van der Waals surface area contributed by atoms with E-state index in [0.717, 1.165) is 18.5 Å². The van der Waals surface area contributed by atoms with Crippen LogP contribution in [0.15, 0.2) is 60.8 Å². The van der Waals surface area contributed by atoms with Crippen molar-refractivity contribution in [2.45, 2.75) is 18.8 Å². The van der Waals surface area contributed by atoms with Crippen LogP contribution in [-0.2, 0) is 0 Å². The molecular formula is C22H21FN4O2. The number of benzene rings is 2. The molecule has 2 N–H and O–H groups in total. The SMILES string of the molecule is O=C(Nc1cn[nH]c1[C@@H]1CCCN(C(=O)c2cccc(F)c2)C1)c1ccccc1. The number of rotatable bonds is 4. The molecule has 1 aromatic heterocycles. The highest BCUT2D eigenvalue weighted by atomic mass is 19.1. The molecule has 2 aromatic carbocycles. The summed E-state index contributed by atoms with van der Waals surface area (Å²) in [6, 6.07) is 14.7. The minimum Gasteiger partial charge on any atom is -0.338 e. The number of nitrogens with one attached hydrogen (secondary N) is 2. The molecule has 0 saturated carbocycles. The van der Waals surface area contributed by atoms with Crippen LogP contribution in [0.3, 0.4) is 0 Å². The van der Waals surface area contributed by atoms with Crippen molar-refractivity contribution < 1.29 is 14.0 Å². The predicted molar refractivity (Wildman–Crippen MR) is 107 cm³/mol. The Morgan fingerprint density at radius 2 is 1.90 bits per heavy atom. The van der Waals surface area contributed by atoms with Crippen molar-refractivity contribution in [3.05, 3.63) is 83.4 Å². The second kappa shape index (κ2) is 8.26. The maximum atomic E-state index is 13.5. The Bertz CT molecular complexity index is 1020. The first kappa shape index (κ1) is 18.9. The van der Waals surface area contributed by atoms with E-state index >= 15 is 0 Å². The minimum atomic E-state index is -0.427. The van der Waals surface area contributed by atoms with Gasteiger partial charge in [0.1, 0.15) is 5.82 Å². The number of hydrogen-bond donors (Lipinski definition) is 2. The molecule has 1 aliphatic heterocycles. The Morgan fingerprint density at radius 1 is 1.10 bits per heavy atom. The summed E-state index contributed by atoms with van der Waals surface area (Å²) in [5.41, 5.74) is 2.31. The van der Waals surface area contributed by atoms with Crippen LogP contribution in [0.1, 0.15) is 45.2 Å². The maximum absolute atomic E-state index is 13.5. The lowest BCUT2D eigenvalue weighted by Crippen LogP contribution is -2.39. The van der Waals surface area contributed by atoms with Gasteiger partial charge < -0.3 is 10.2 Å². The van der Waals surface area contributed by atoms with Crippen molar-refractivity contribution in [3.8, 4) is 0 Å². The number of halogens is 1. The smallest absolute Gasteiger partial charge is 0.255 e. The van der Waals surface area contributed by atoms with E-state index in [1.165, 1.54) is 18.2 Å². The zero-order chi connectivity index (χ0) is 20.2. The maximum Gasteiger partial charge on any atom is 0.255 e. The summed E-state index contributed by atoms with van der Waals surface area (Å²) in [7, 11) is 0. The predicted octanol–water partition coefficient (Wildman–Crippen LogP) is 3.82. The monoisotopic (exact) mass is 392 g/mol. The molecule has 2 heterocycles. The summed E-state index contributed by atoms with van der Waals surface area (Å²) in [6.07, 6.45) is 3.27. The Labute approximate surface area is 167 Å². The number of anilines is 1. The highest BCUT2D eigenvalue weighted by Gasteiger charge is 2.28. The fourth-order valence-electron chi connectivity index (χ4n) is 3.69. The lowest BCUT2D eigenvalue weighted by molar-refractivity contribution is 0.0705. The number of carbonyl (C=O) groups is 2. The number of aromatic amines is 1. The van der Waals surface area contributed by atoms with Gasteiger partial charge in [0.15, 0.2) is 0 Å². The molecule has 0 radical (unpaired) electrons. The minimum absolute atomic E-state index is 0.00910. The van der Waals surface area contributed by atoms with E-state index in [0.29, 0.717) is 29.9 Å². The molecule has 4 rings (SSSR count). The molecule has 1 aliphatic rings. The number of aromatic nitrogens is 2. The third-order valence-electron chi connectivity index (χ3n) is 5.14. The summed E-state index contributed by atoms with van der Waals surface area (Å²) in [4.78, 5) is 27.0. The Kier molecular flexibility index (Phi) is 5.37. The first-order valence-electron chi connectivity index (χ1n) is 9.56. The fourth-order valence-corrected chi connectivity index (χ4v) is 3.69. The molecule has 0 unspecified atom stereocenters. The molecule has 1 saturated heterocycles. The molecule has 29 heavy (non-hydrogen) atoms. The van der Waals surface area contributed by atoms with Gasteiger partial charge in [0, 0.05) is 30.1 Å². The van der Waals surface area contributed by atoms with Gasteiger partial charge in [0.2, 0.25) is 0 Å². The first-order valence-corrected chi connectivity index (χ1v) is 9.56. The van der Waals surface area contributed by atoms with Gasteiger partial charge in [0.25, 0.3) is 11.8 Å². The first-order chi connectivity index (χ1) is 14.1. The molecule has 0 bridgehead atoms.